The van der Waals surface area contributed by atoms with E-state index in [4.69, 9.17) is 4.74 Å². The van der Waals surface area contributed by atoms with Gasteiger partial charge in [-0.1, -0.05) is 32.8 Å². The lowest BCUT2D eigenvalue weighted by molar-refractivity contribution is -0.137. The standard InChI is InChI=1S/C25H40O2/c1-4-27-23(26)10-7-9-19-12-14-21-20-13-11-18-8-5-6-16-24(18,2)22(20)15-17-25(19,21)3/h7,10,18-22H,4-6,8-9,11-17H2,1-3H3/b10-7+. The van der Waals surface area contributed by atoms with Crippen molar-refractivity contribution < 1.29 is 9.53 Å². The molecule has 152 valence electrons. The minimum atomic E-state index is -0.176. The van der Waals surface area contributed by atoms with E-state index in [2.05, 4.69) is 19.9 Å². The van der Waals surface area contributed by atoms with Crippen molar-refractivity contribution in [3.63, 3.8) is 0 Å². The summed E-state index contributed by atoms with van der Waals surface area (Å²) >= 11 is 0. The van der Waals surface area contributed by atoms with Crippen LogP contribution in [-0.2, 0) is 9.53 Å². The second kappa shape index (κ2) is 7.56. The maximum Gasteiger partial charge on any atom is 0.330 e. The molecule has 0 aliphatic heterocycles. The van der Waals surface area contributed by atoms with Crippen molar-refractivity contribution >= 4 is 5.97 Å². The van der Waals surface area contributed by atoms with Crippen molar-refractivity contribution in [2.24, 2.45) is 40.4 Å². The molecule has 4 saturated carbocycles. The van der Waals surface area contributed by atoms with Gasteiger partial charge in [0.2, 0.25) is 0 Å². The van der Waals surface area contributed by atoms with Crippen LogP contribution in [0.5, 0.6) is 0 Å². The molecule has 0 aromatic heterocycles. The summed E-state index contributed by atoms with van der Waals surface area (Å²) in [5, 5.41) is 0. The molecule has 4 rings (SSSR count). The molecule has 0 radical (unpaired) electrons. The third-order valence-electron chi connectivity index (χ3n) is 9.74. The van der Waals surface area contributed by atoms with E-state index in [0.29, 0.717) is 17.4 Å². The molecule has 4 aliphatic rings. The molecule has 0 saturated heterocycles. The van der Waals surface area contributed by atoms with Crippen LogP contribution in [0.4, 0.5) is 0 Å². The van der Waals surface area contributed by atoms with Crippen LogP contribution >= 0.6 is 0 Å². The molecule has 2 nitrogen and oxygen atoms in total. The average molecular weight is 373 g/mol. The first-order valence-corrected chi connectivity index (χ1v) is 11.8. The Kier molecular flexibility index (Phi) is 5.47. The summed E-state index contributed by atoms with van der Waals surface area (Å²) in [4.78, 5) is 11.6. The number of esters is 1. The SMILES string of the molecule is CCOC(=O)/C=C/CC1CCC2C3CCC4CCCCC4(C)C3CCC12C. The number of carbonyl (C=O) groups is 1. The molecule has 0 aromatic carbocycles. The van der Waals surface area contributed by atoms with Gasteiger partial charge in [-0.2, -0.15) is 0 Å². The first-order valence-electron chi connectivity index (χ1n) is 11.8. The lowest BCUT2D eigenvalue weighted by Gasteiger charge is -2.60. The molecule has 7 unspecified atom stereocenters. The van der Waals surface area contributed by atoms with E-state index in [1.54, 1.807) is 6.08 Å². The van der Waals surface area contributed by atoms with Crippen LogP contribution in [0.25, 0.3) is 0 Å². The minimum Gasteiger partial charge on any atom is -0.463 e. The number of allylic oxidation sites excluding steroid dienone is 1. The van der Waals surface area contributed by atoms with Gasteiger partial charge < -0.3 is 4.74 Å². The van der Waals surface area contributed by atoms with E-state index in [9.17, 15) is 4.79 Å². The van der Waals surface area contributed by atoms with Crippen molar-refractivity contribution in [3.8, 4) is 0 Å². The largest absolute Gasteiger partial charge is 0.463 e. The summed E-state index contributed by atoms with van der Waals surface area (Å²) in [6.45, 7) is 7.60. The summed E-state index contributed by atoms with van der Waals surface area (Å²) in [6, 6.07) is 0. The Balaban J connectivity index is 1.46. The normalized spacial score (nSPS) is 46.6. The van der Waals surface area contributed by atoms with E-state index >= 15 is 0 Å². The molecule has 0 amide bonds. The molecule has 0 aromatic rings. The Bertz CT molecular complexity index is 581. The Hall–Kier alpha value is -0.790. The summed E-state index contributed by atoms with van der Waals surface area (Å²) in [6.07, 6.45) is 19.4. The average Bonchev–Trinajstić information content (AvgIpc) is 2.98. The Morgan fingerprint density at radius 3 is 2.59 bits per heavy atom. The predicted octanol–water partition coefficient (Wildman–Crippen LogP) is 6.54. The lowest BCUT2D eigenvalue weighted by Crippen LogP contribution is -2.52. The molecule has 0 N–H and O–H groups in total. The Morgan fingerprint density at radius 2 is 1.78 bits per heavy atom. The van der Waals surface area contributed by atoms with Gasteiger partial charge in [-0.3, -0.25) is 0 Å². The number of hydrogen-bond donors (Lipinski definition) is 0. The van der Waals surface area contributed by atoms with Crippen molar-refractivity contribution in [1.82, 2.24) is 0 Å². The highest BCUT2D eigenvalue weighted by Crippen LogP contribution is 2.67. The maximum atomic E-state index is 11.6. The van der Waals surface area contributed by atoms with Crippen LogP contribution in [0.3, 0.4) is 0 Å². The van der Waals surface area contributed by atoms with E-state index in [1.807, 2.05) is 6.92 Å². The highest BCUT2D eigenvalue weighted by Gasteiger charge is 2.59. The van der Waals surface area contributed by atoms with Crippen molar-refractivity contribution in [3.05, 3.63) is 12.2 Å². The summed E-state index contributed by atoms with van der Waals surface area (Å²) in [7, 11) is 0. The first-order chi connectivity index (χ1) is 13.0. The molecule has 4 aliphatic carbocycles. The fraction of sp³-hybridized carbons (Fsp3) is 0.880. The summed E-state index contributed by atoms with van der Waals surface area (Å²) in [5.41, 5.74) is 1.14. The molecule has 7 atom stereocenters. The molecule has 0 spiro atoms. The second-order valence-corrected chi connectivity index (χ2v) is 10.6. The van der Waals surface area contributed by atoms with Gasteiger partial charge >= 0.3 is 5.97 Å². The van der Waals surface area contributed by atoms with Gasteiger partial charge in [-0.25, -0.2) is 4.79 Å². The van der Waals surface area contributed by atoms with Crippen LogP contribution in [0.2, 0.25) is 0 Å². The highest BCUT2D eigenvalue weighted by molar-refractivity contribution is 5.81. The molecule has 0 bridgehead atoms. The highest BCUT2D eigenvalue weighted by atomic mass is 16.5. The molecular formula is C25H40O2. The minimum absolute atomic E-state index is 0.176. The topological polar surface area (TPSA) is 26.3 Å². The zero-order valence-corrected chi connectivity index (χ0v) is 17.8. The Labute approximate surface area is 166 Å². The number of fused-ring (bicyclic) bond motifs is 5. The van der Waals surface area contributed by atoms with Gasteiger partial charge in [0.1, 0.15) is 0 Å². The van der Waals surface area contributed by atoms with Gasteiger partial charge in [-0.15, -0.1) is 0 Å². The van der Waals surface area contributed by atoms with Crippen LogP contribution in [-0.4, -0.2) is 12.6 Å². The van der Waals surface area contributed by atoms with E-state index in [-0.39, 0.29) is 5.97 Å². The number of carbonyl (C=O) groups excluding carboxylic acids is 1. The van der Waals surface area contributed by atoms with Crippen molar-refractivity contribution in [2.75, 3.05) is 6.61 Å². The van der Waals surface area contributed by atoms with Gasteiger partial charge in [-0.05, 0) is 105 Å². The lowest BCUT2D eigenvalue weighted by atomic mass is 9.45. The van der Waals surface area contributed by atoms with Crippen LogP contribution in [0, 0.1) is 40.4 Å². The first kappa shape index (κ1) is 19.5. The van der Waals surface area contributed by atoms with Gasteiger partial charge in [0.25, 0.3) is 0 Å². The predicted molar refractivity (Wildman–Crippen MR) is 110 cm³/mol. The fourth-order valence-corrected chi connectivity index (χ4v) is 8.31. The molecule has 0 heterocycles. The Morgan fingerprint density at radius 1 is 0.963 bits per heavy atom. The zero-order chi connectivity index (χ0) is 19.1. The van der Waals surface area contributed by atoms with Gasteiger partial charge in [0.05, 0.1) is 6.61 Å². The molecule has 27 heavy (non-hydrogen) atoms. The number of ether oxygens (including phenoxy) is 1. The number of hydrogen-bond acceptors (Lipinski definition) is 2. The summed E-state index contributed by atoms with van der Waals surface area (Å²) in [5.74, 6) is 4.49. The van der Waals surface area contributed by atoms with Crippen LogP contribution < -0.4 is 0 Å². The second-order valence-electron chi connectivity index (χ2n) is 10.6. The van der Waals surface area contributed by atoms with Crippen LogP contribution in [0.1, 0.15) is 91.4 Å². The van der Waals surface area contributed by atoms with Crippen molar-refractivity contribution in [2.45, 2.75) is 91.4 Å². The van der Waals surface area contributed by atoms with Gasteiger partial charge in [0, 0.05) is 6.08 Å². The third kappa shape index (κ3) is 3.29. The van der Waals surface area contributed by atoms with Gasteiger partial charge in [0.15, 0.2) is 0 Å². The van der Waals surface area contributed by atoms with E-state index < -0.39 is 0 Å². The van der Waals surface area contributed by atoms with E-state index in [0.717, 1.165) is 36.0 Å². The van der Waals surface area contributed by atoms with E-state index in [1.165, 1.54) is 64.2 Å². The summed E-state index contributed by atoms with van der Waals surface area (Å²) < 4.78 is 5.04. The van der Waals surface area contributed by atoms with Crippen LogP contribution in [0.15, 0.2) is 12.2 Å². The molecular weight excluding hydrogens is 332 g/mol. The monoisotopic (exact) mass is 372 g/mol. The zero-order valence-electron chi connectivity index (χ0n) is 17.8. The fourth-order valence-electron chi connectivity index (χ4n) is 8.31. The number of rotatable bonds is 4. The smallest absolute Gasteiger partial charge is 0.330 e. The molecule has 2 heteroatoms. The van der Waals surface area contributed by atoms with Crippen molar-refractivity contribution in [1.29, 1.82) is 0 Å². The quantitative estimate of drug-likeness (QED) is 0.413. The third-order valence-corrected chi connectivity index (χ3v) is 9.74. The molecule has 4 fully saturated rings. The maximum absolute atomic E-state index is 11.6.